The van der Waals surface area contributed by atoms with E-state index in [1.807, 2.05) is 24.3 Å². The van der Waals surface area contributed by atoms with Gasteiger partial charge in [-0.25, -0.2) is 0 Å². The van der Waals surface area contributed by atoms with Gasteiger partial charge in [-0.2, -0.15) is 5.26 Å². The van der Waals surface area contributed by atoms with Gasteiger partial charge < -0.3 is 4.74 Å². The maximum Gasteiger partial charge on any atom is 0.310 e. The summed E-state index contributed by atoms with van der Waals surface area (Å²) in [5.74, 6) is -0.159. The van der Waals surface area contributed by atoms with E-state index in [1.165, 1.54) is 17.4 Å². The molecule has 5 nitrogen and oxygen atoms in total. The average molecular weight is 241 g/mol. The van der Waals surface area contributed by atoms with Crippen LogP contribution < -0.4 is 0 Å². The molecular formula is C13H11N3O2. The quantitative estimate of drug-likeness (QED) is 0.644. The normalized spacial score (nSPS) is 26.4. The summed E-state index contributed by atoms with van der Waals surface area (Å²) in [7, 11) is 0. The van der Waals surface area contributed by atoms with Crippen LogP contribution >= 0.6 is 0 Å². The number of aliphatic imine (C=N–C) groups is 1. The van der Waals surface area contributed by atoms with Gasteiger partial charge in [0.05, 0.1) is 0 Å². The first-order valence-corrected chi connectivity index (χ1v) is 5.73. The van der Waals surface area contributed by atoms with Gasteiger partial charge >= 0.3 is 6.02 Å². The fraction of sp³-hybridized carbons (Fsp3) is 0.308. The lowest BCUT2D eigenvalue weighted by molar-refractivity contribution is -0.126. The monoisotopic (exact) mass is 241 g/mol. The van der Waals surface area contributed by atoms with Crippen molar-refractivity contribution in [3.05, 3.63) is 35.4 Å². The van der Waals surface area contributed by atoms with Crippen LogP contribution in [0.15, 0.2) is 29.3 Å². The largest absolute Gasteiger partial charge is 0.458 e. The number of nitrogens with zero attached hydrogens (tertiary/aromatic N) is 3. The first kappa shape index (κ1) is 10.8. The van der Waals surface area contributed by atoms with E-state index in [0.29, 0.717) is 0 Å². The van der Waals surface area contributed by atoms with E-state index < -0.39 is 0 Å². The Balaban J connectivity index is 2.07. The maximum atomic E-state index is 11.7. The Morgan fingerprint density at radius 2 is 2.33 bits per heavy atom. The molecule has 0 unspecified atom stereocenters. The number of rotatable bonds is 0. The van der Waals surface area contributed by atoms with Crippen molar-refractivity contribution in [1.82, 2.24) is 4.90 Å². The van der Waals surface area contributed by atoms with Gasteiger partial charge in [0.2, 0.25) is 12.1 Å². The summed E-state index contributed by atoms with van der Waals surface area (Å²) in [5, 5.41) is 8.63. The van der Waals surface area contributed by atoms with E-state index in [2.05, 4.69) is 4.99 Å². The fourth-order valence-electron chi connectivity index (χ4n) is 2.71. The zero-order chi connectivity index (χ0) is 12.7. The van der Waals surface area contributed by atoms with Gasteiger partial charge in [0, 0.05) is 13.3 Å². The van der Waals surface area contributed by atoms with E-state index >= 15 is 0 Å². The Morgan fingerprint density at radius 3 is 3.06 bits per heavy atom. The van der Waals surface area contributed by atoms with Crippen molar-refractivity contribution in [2.75, 3.05) is 0 Å². The van der Waals surface area contributed by atoms with Crippen LogP contribution in [0.1, 0.15) is 24.1 Å². The molecule has 90 valence electrons. The number of carbonyl (C=O) groups excluding carboxylic acids is 1. The van der Waals surface area contributed by atoms with E-state index in [-0.39, 0.29) is 24.1 Å². The number of benzene rings is 1. The molecular weight excluding hydrogens is 230 g/mol. The van der Waals surface area contributed by atoms with Crippen LogP contribution in [0.2, 0.25) is 0 Å². The highest BCUT2D eigenvalue weighted by molar-refractivity contribution is 5.96. The van der Waals surface area contributed by atoms with Crippen LogP contribution in [-0.4, -0.2) is 22.9 Å². The van der Waals surface area contributed by atoms with Crippen LogP contribution in [0.4, 0.5) is 0 Å². The number of hydrogen-bond donors (Lipinski definition) is 0. The number of amidine groups is 1. The highest BCUT2D eigenvalue weighted by Gasteiger charge is 2.48. The van der Waals surface area contributed by atoms with Gasteiger partial charge in [-0.15, -0.1) is 4.99 Å². The van der Waals surface area contributed by atoms with Gasteiger partial charge in [0.25, 0.3) is 0 Å². The number of ether oxygens (including phenoxy) is 1. The van der Waals surface area contributed by atoms with E-state index in [9.17, 15) is 4.79 Å². The predicted molar refractivity (Wildman–Crippen MR) is 63.3 cm³/mol. The van der Waals surface area contributed by atoms with Crippen molar-refractivity contribution in [1.29, 1.82) is 5.26 Å². The summed E-state index contributed by atoms with van der Waals surface area (Å²) in [4.78, 5) is 16.8. The summed E-state index contributed by atoms with van der Waals surface area (Å²) in [5.41, 5.74) is 2.27. The molecule has 0 aromatic heterocycles. The number of amides is 1. The second-order valence-electron chi connectivity index (χ2n) is 4.39. The standard InChI is InChI=1S/C13H11N3O2/c1-8(17)16-12-10-5-3-2-4-9(10)6-11(12)18-13(16)15-7-14/h2-5,11-12H,6H2,1H3/t11-,12+/m1/s1. The molecule has 1 aliphatic heterocycles. The van der Waals surface area contributed by atoms with Crippen LogP contribution in [0.5, 0.6) is 0 Å². The second kappa shape index (κ2) is 3.84. The molecule has 0 bridgehead atoms. The third-order valence-corrected chi connectivity index (χ3v) is 3.37. The number of hydrogen-bond acceptors (Lipinski definition) is 4. The molecule has 1 heterocycles. The lowest BCUT2D eigenvalue weighted by Gasteiger charge is -2.19. The molecule has 0 saturated carbocycles. The summed E-state index contributed by atoms with van der Waals surface area (Å²) in [6.07, 6.45) is 2.30. The van der Waals surface area contributed by atoms with Crippen molar-refractivity contribution >= 4 is 11.9 Å². The maximum absolute atomic E-state index is 11.7. The number of fused-ring (bicyclic) bond motifs is 3. The highest BCUT2D eigenvalue weighted by atomic mass is 16.5. The van der Waals surface area contributed by atoms with Gasteiger partial charge in [-0.05, 0) is 11.1 Å². The summed E-state index contributed by atoms with van der Waals surface area (Å²) in [6, 6.07) is 7.92. The fourth-order valence-corrected chi connectivity index (χ4v) is 2.71. The minimum Gasteiger partial charge on any atom is -0.458 e. The predicted octanol–water partition coefficient (Wildman–Crippen LogP) is 1.37. The molecule has 1 fully saturated rings. The first-order valence-electron chi connectivity index (χ1n) is 5.73. The highest BCUT2D eigenvalue weighted by Crippen LogP contribution is 2.42. The average Bonchev–Trinajstić information content (AvgIpc) is 2.84. The molecule has 2 atom stereocenters. The SMILES string of the molecule is CC(=O)N1C(=NC#N)O[C@@H]2Cc3ccccc3[C@@H]21. The number of carbonyl (C=O) groups is 1. The minimum absolute atomic E-state index is 0.120. The van der Waals surface area contributed by atoms with Crippen LogP contribution in [0.3, 0.4) is 0 Å². The van der Waals surface area contributed by atoms with E-state index in [1.54, 1.807) is 6.19 Å². The van der Waals surface area contributed by atoms with Crippen LogP contribution in [-0.2, 0) is 16.0 Å². The molecule has 18 heavy (non-hydrogen) atoms. The molecule has 0 spiro atoms. The molecule has 0 radical (unpaired) electrons. The Bertz CT molecular complexity index is 588. The molecule has 1 aliphatic carbocycles. The third-order valence-electron chi connectivity index (χ3n) is 3.37. The van der Waals surface area contributed by atoms with Crippen LogP contribution in [0.25, 0.3) is 0 Å². The number of nitriles is 1. The lowest BCUT2D eigenvalue weighted by atomic mass is 10.1. The molecule has 1 aromatic carbocycles. The zero-order valence-electron chi connectivity index (χ0n) is 9.83. The van der Waals surface area contributed by atoms with Crippen molar-refractivity contribution in [3.63, 3.8) is 0 Å². The van der Waals surface area contributed by atoms with Gasteiger partial charge in [0.1, 0.15) is 12.1 Å². The summed E-state index contributed by atoms with van der Waals surface area (Å²) in [6.45, 7) is 1.46. The first-order chi connectivity index (χ1) is 8.72. The Hall–Kier alpha value is -2.35. The smallest absolute Gasteiger partial charge is 0.310 e. The van der Waals surface area contributed by atoms with Crippen molar-refractivity contribution in [3.8, 4) is 6.19 Å². The van der Waals surface area contributed by atoms with E-state index in [0.717, 1.165) is 12.0 Å². The van der Waals surface area contributed by atoms with Crippen molar-refractivity contribution in [2.24, 2.45) is 4.99 Å². The topological polar surface area (TPSA) is 65.7 Å². The Labute approximate surface area is 104 Å². The van der Waals surface area contributed by atoms with Crippen LogP contribution in [0, 0.1) is 11.5 Å². The van der Waals surface area contributed by atoms with Gasteiger partial charge in [-0.3, -0.25) is 9.69 Å². The molecule has 1 amide bonds. The second-order valence-corrected chi connectivity index (χ2v) is 4.39. The molecule has 2 aliphatic rings. The summed E-state index contributed by atoms with van der Waals surface area (Å²) < 4.78 is 5.61. The van der Waals surface area contributed by atoms with E-state index in [4.69, 9.17) is 10.00 Å². The third kappa shape index (κ3) is 1.39. The van der Waals surface area contributed by atoms with Crippen molar-refractivity contribution < 1.29 is 9.53 Å². The van der Waals surface area contributed by atoms with Crippen molar-refractivity contribution in [2.45, 2.75) is 25.5 Å². The molecule has 5 heteroatoms. The zero-order valence-corrected chi connectivity index (χ0v) is 9.83. The molecule has 3 rings (SSSR count). The Kier molecular flexibility index (Phi) is 2.30. The summed E-state index contributed by atoms with van der Waals surface area (Å²) >= 11 is 0. The van der Waals surface area contributed by atoms with Gasteiger partial charge in [-0.1, -0.05) is 24.3 Å². The molecule has 0 N–H and O–H groups in total. The molecule has 1 saturated heterocycles. The van der Waals surface area contributed by atoms with Gasteiger partial charge in [0.15, 0.2) is 0 Å². The Morgan fingerprint density at radius 1 is 1.56 bits per heavy atom. The minimum atomic E-state index is -0.159. The lowest BCUT2D eigenvalue weighted by Crippen LogP contribution is -2.33. The molecule has 1 aromatic rings.